The number of carbonyl (C=O) groups excluding carboxylic acids is 1. The predicted molar refractivity (Wildman–Crippen MR) is 89.7 cm³/mol. The highest BCUT2D eigenvalue weighted by atomic mass is 35.5. The largest absolute Gasteiger partial charge is 0.335 e. The lowest BCUT2D eigenvalue weighted by molar-refractivity contribution is 0.0980. The normalized spacial score (nSPS) is 10.6. The van der Waals surface area contributed by atoms with E-state index >= 15 is 0 Å². The summed E-state index contributed by atoms with van der Waals surface area (Å²) in [5.41, 5.74) is 1.11. The van der Waals surface area contributed by atoms with Gasteiger partial charge in [0.15, 0.2) is 5.78 Å². The fourth-order valence-electron chi connectivity index (χ4n) is 2.42. The number of imidazole rings is 1. The van der Waals surface area contributed by atoms with Gasteiger partial charge in [0.05, 0.1) is 4.88 Å². The first-order chi connectivity index (χ1) is 9.66. The summed E-state index contributed by atoms with van der Waals surface area (Å²) in [5, 5.41) is 1.19. The molecule has 0 fully saturated rings. The molecule has 0 amide bonds. The topological polar surface area (TPSA) is 34.9 Å². The molecular formula is C16H17ClN2OS. The van der Waals surface area contributed by atoms with Gasteiger partial charge >= 0.3 is 0 Å². The van der Waals surface area contributed by atoms with Crippen molar-refractivity contribution in [1.29, 1.82) is 0 Å². The van der Waals surface area contributed by atoms with E-state index in [0.717, 1.165) is 16.3 Å². The molecule has 0 N–H and O–H groups in total. The molecule has 3 rings (SSSR count). The Kier molecular flexibility index (Phi) is 4.80. The van der Waals surface area contributed by atoms with Crippen LogP contribution in [0.2, 0.25) is 0 Å². The van der Waals surface area contributed by atoms with Gasteiger partial charge in [-0.2, -0.15) is 0 Å². The van der Waals surface area contributed by atoms with Crippen LogP contribution in [0.5, 0.6) is 0 Å². The Morgan fingerprint density at radius 2 is 2.05 bits per heavy atom. The first-order valence-electron chi connectivity index (χ1n) is 6.66. The Bertz CT molecular complexity index is 776. The van der Waals surface area contributed by atoms with Crippen LogP contribution in [-0.4, -0.2) is 15.3 Å². The lowest BCUT2D eigenvalue weighted by atomic mass is 10.1. The van der Waals surface area contributed by atoms with Crippen LogP contribution < -0.4 is 0 Å². The van der Waals surface area contributed by atoms with Crippen LogP contribution in [0.4, 0.5) is 0 Å². The average molecular weight is 321 g/mol. The van der Waals surface area contributed by atoms with Crippen molar-refractivity contribution in [2.24, 2.45) is 0 Å². The van der Waals surface area contributed by atoms with E-state index in [0.29, 0.717) is 13.0 Å². The van der Waals surface area contributed by atoms with Crippen LogP contribution in [0.1, 0.15) is 27.5 Å². The Labute approximate surface area is 134 Å². The highest BCUT2D eigenvalue weighted by Gasteiger charge is 2.15. The smallest absolute Gasteiger partial charge is 0.174 e. The van der Waals surface area contributed by atoms with Gasteiger partial charge in [-0.1, -0.05) is 18.2 Å². The Morgan fingerprint density at radius 1 is 1.29 bits per heavy atom. The van der Waals surface area contributed by atoms with E-state index in [4.69, 9.17) is 0 Å². The van der Waals surface area contributed by atoms with Gasteiger partial charge in [0.2, 0.25) is 0 Å². The van der Waals surface area contributed by atoms with Gasteiger partial charge in [0.25, 0.3) is 0 Å². The zero-order chi connectivity index (χ0) is 14.1. The molecule has 0 aliphatic heterocycles. The fourth-order valence-corrected chi connectivity index (χ4v) is 3.59. The van der Waals surface area contributed by atoms with Crippen LogP contribution in [0.3, 0.4) is 0 Å². The first-order valence-corrected chi connectivity index (χ1v) is 7.47. The van der Waals surface area contributed by atoms with E-state index in [2.05, 4.69) is 17.1 Å². The summed E-state index contributed by atoms with van der Waals surface area (Å²) in [7, 11) is 0. The monoisotopic (exact) mass is 320 g/mol. The van der Waals surface area contributed by atoms with Crippen molar-refractivity contribution in [1.82, 2.24) is 9.55 Å². The van der Waals surface area contributed by atoms with Gasteiger partial charge < -0.3 is 4.57 Å². The van der Waals surface area contributed by atoms with Crippen molar-refractivity contribution in [3.63, 3.8) is 0 Å². The van der Waals surface area contributed by atoms with Crippen molar-refractivity contribution < 1.29 is 4.79 Å². The zero-order valence-corrected chi connectivity index (χ0v) is 13.6. The van der Waals surface area contributed by atoms with Crippen molar-refractivity contribution in [3.05, 3.63) is 52.9 Å². The Balaban J connectivity index is 0.00000161. The highest BCUT2D eigenvalue weighted by molar-refractivity contribution is 7.21. The number of carbonyl (C=O) groups is 1. The molecule has 2 aromatic heterocycles. The maximum Gasteiger partial charge on any atom is 0.174 e. The highest BCUT2D eigenvalue weighted by Crippen LogP contribution is 2.31. The van der Waals surface area contributed by atoms with E-state index in [1.165, 1.54) is 10.1 Å². The number of Topliss-reactive ketones (excluding diaryl/α,β-unsaturated/α-hetero) is 1. The molecule has 0 unspecified atom stereocenters. The minimum atomic E-state index is 0. The van der Waals surface area contributed by atoms with Gasteiger partial charge in [-0.25, -0.2) is 4.98 Å². The molecule has 0 radical (unpaired) electrons. The van der Waals surface area contributed by atoms with Crippen LogP contribution in [-0.2, 0) is 6.54 Å². The molecule has 0 aliphatic carbocycles. The number of halogens is 1. The molecule has 5 heteroatoms. The molecule has 3 aromatic rings. The molecule has 21 heavy (non-hydrogen) atoms. The second-order valence-electron chi connectivity index (χ2n) is 4.89. The second-order valence-corrected chi connectivity index (χ2v) is 5.95. The summed E-state index contributed by atoms with van der Waals surface area (Å²) in [6.07, 6.45) is 4.20. The van der Waals surface area contributed by atoms with Crippen molar-refractivity contribution in [3.8, 4) is 0 Å². The number of thiophene rings is 1. The maximum atomic E-state index is 12.4. The minimum Gasteiger partial charge on any atom is -0.335 e. The van der Waals surface area contributed by atoms with E-state index < -0.39 is 0 Å². The molecular weight excluding hydrogens is 304 g/mol. The maximum absolute atomic E-state index is 12.4. The number of hydrogen-bond donors (Lipinski definition) is 0. The number of aromatic nitrogens is 2. The summed E-state index contributed by atoms with van der Waals surface area (Å²) >= 11 is 1.60. The quantitative estimate of drug-likeness (QED) is 0.667. The van der Waals surface area contributed by atoms with Gasteiger partial charge in [-0.05, 0) is 30.9 Å². The van der Waals surface area contributed by atoms with Gasteiger partial charge in [-0.15, -0.1) is 23.7 Å². The third kappa shape index (κ3) is 3.01. The number of hydrogen-bond acceptors (Lipinski definition) is 3. The van der Waals surface area contributed by atoms with Gasteiger partial charge in [0, 0.05) is 30.1 Å². The van der Waals surface area contributed by atoms with Crippen LogP contribution in [0.25, 0.3) is 10.1 Å². The molecule has 110 valence electrons. The molecule has 0 saturated carbocycles. The number of rotatable bonds is 4. The molecule has 0 aliphatic rings. The summed E-state index contributed by atoms with van der Waals surface area (Å²) in [6, 6.07) is 8.19. The third-order valence-electron chi connectivity index (χ3n) is 3.60. The number of benzene rings is 1. The molecule has 3 nitrogen and oxygen atoms in total. The minimum absolute atomic E-state index is 0. The number of aryl methyl sites for hydroxylation is 3. The summed E-state index contributed by atoms with van der Waals surface area (Å²) in [5.74, 6) is 1.17. The van der Waals surface area contributed by atoms with Crippen LogP contribution in [0.15, 0.2) is 36.7 Å². The lowest BCUT2D eigenvalue weighted by Crippen LogP contribution is -2.06. The number of nitrogens with zero attached hydrogens (tertiary/aromatic N) is 2. The fraction of sp³-hybridized carbons (Fsp3) is 0.250. The average Bonchev–Trinajstić information content (AvgIpc) is 3.01. The van der Waals surface area contributed by atoms with Crippen LogP contribution >= 0.6 is 23.7 Å². The molecule has 0 atom stereocenters. The van der Waals surface area contributed by atoms with Crippen molar-refractivity contribution >= 4 is 39.6 Å². The van der Waals surface area contributed by atoms with Crippen molar-refractivity contribution in [2.45, 2.75) is 26.8 Å². The second kappa shape index (κ2) is 6.41. The standard InChI is InChI=1S/C16H16N2OS.ClH/c1-11-13-5-3-4-6-15(13)20-16(11)14(19)7-9-18-10-8-17-12(18)2;/h3-6,8,10H,7,9H2,1-2H3;1H. The first kappa shape index (κ1) is 15.7. The lowest BCUT2D eigenvalue weighted by Gasteiger charge is -2.04. The molecule has 0 spiro atoms. The van der Waals surface area contributed by atoms with Gasteiger partial charge in [0.1, 0.15) is 5.82 Å². The van der Waals surface area contributed by atoms with E-state index in [1.54, 1.807) is 17.5 Å². The van der Waals surface area contributed by atoms with Gasteiger partial charge in [-0.3, -0.25) is 4.79 Å². The van der Waals surface area contributed by atoms with Crippen molar-refractivity contribution in [2.75, 3.05) is 0 Å². The van der Waals surface area contributed by atoms with E-state index in [9.17, 15) is 4.79 Å². The molecule has 2 heterocycles. The summed E-state index contributed by atoms with van der Waals surface area (Å²) in [6.45, 7) is 4.68. The Hall–Kier alpha value is -1.65. The summed E-state index contributed by atoms with van der Waals surface area (Å²) < 4.78 is 3.20. The third-order valence-corrected chi connectivity index (χ3v) is 4.91. The summed E-state index contributed by atoms with van der Waals surface area (Å²) in [4.78, 5) is 17.5. The Morgan fingerprint density at radius 3 is 2.71 bits per heavy atom. The molecule has 0 bridgehead atoms. The van der Waals surface area contributed by atoms with E-state index in [1.807, 2.05) is 36.7 Å². The van der Waals surface area contributed by atoms with E-state index in [-0.39, 0.29) is 18.2 Å². The van der Waals surface area contributed by atoms with Crippen LogP contribution in [0, 0.1) is 13.8 Å². The molecule has 1 aromatic carbocycles. The SMILES string of the molecule is Cc1c(C(=O)CCn2ccnc2C)sc2ccccc12.Cl. The number of ketones is 1. The zero-order valence-electron chi connectivity index (χ0n) is 12.0. The number of fused-ring (bicyclic) bond motifs is 1. The molecule has 0 saturated heterocycles. The predicted octanol–water partition coefficient (Wildman–Crippen LogP) is 4.41.